The van der Waals surface area contributed by atoms with Crippen molar-refractivity contribution in [1.29, 1.82) is 0 Å². The summed E-state index contributed by atoms with van der Waals surface area (Å²) >= 11 is 5.94. The van der Waals surface area contributed by atoms with E-state index in [0.717, 1.165) is 30.6 Å². The van der Waals surface area contributed by atoms with Crippen molar-refractivity contribution in [1.82, 2.24) is 19.9 Å². The number of hydrogen-bond acceptors (Lipinski definition) is 4. The first-order chi connectivity index (χ1) is 36.2. The molecule has 0 aliphatic heterocycles. The molecule has 65 heavy (non-hydrogen) atoms. The van der Waals surface area contributed by atoms with E-state index in [1.807, 2.05) is 30.7 Å². The van der Waals surface area contributed by atoms with Crippen molar-refractivity contribution < 1.29 is 37.9 Å². The maximum atomic E-state index is 8.14. The average Bonchev–Trinajstić information content (AvgIpc) is 3.49. The van der Waals surface area contributed by atoms with Crippen LogP contribution < -0.4 is 0 Å². The van der Waals surface area contributed by atoms with Gasteiger partial charge in [0.15, 0.2) is 0 Å². The van der Waals surface area contributed by atoms with E-state index in [9.17, 15) is 0 Å². The van der Waals surface area contributed by atoms with E-state index >= 15 is 0 Å². The molecule has 4 heterocycles. The first-order valence-electron chi connectivity index (χ1n) is 28.8. The van der Waals surface area contributed by atoms with E-state index in [4.69, 9.17) is 29.4 Å². The van der Waals surface area contributed by atoms with Crippen molar-refractivity contribution in [3.63, 3.8) is 0 Å². The van der Waals surface area contributed by atoms with Crippen molar-refractivity contribution in [2.24, 2.45) is 34.0 Å². The standard InChI is InChI=1S/C18H19N.C18H18N.C12H14ClN.C11H8N.Ir/c2*1-18(2)14-8-13-11-19-17(10-15(13)16(18)9-14)12-6-4-3-5-7-12;1-12(2)8-3-7-6-14-11(13)5-9(7)10(12)4-8;1-2-6-10(7-3-1)11-8-4-5-9-12-11;/h3-7,10-11,14,16H,8-9H2,1-2H3;3-6,10-11,14,16H,8-9H2,1-2H3;5-6,8,10H,3-4H2,1-2H3;1-6,8-9H;/q;-1;;-1;/i3D,4D,5D,6D,7D;3D,4D,5D,6D;;1D,2D,3D,6D;. The van der Waals surface area contributed by atoms with E-state index in [1.165, 1.54) is 59.1 Å². The van der Waals surface area contributed by atoms with E-state index < -0.39 is 0 Å². The van der Waals surface area contributed by atoms with Gasteiger partial charge in [0.25, 0.3) is 0 Å². The van der Waals surface area contributed by atoms with Gasteiger partial charge in [0.2, 0.25) is 0 Å². The summed E-state index contributed by atoms with van der Waals surface area (Å²) in [7, 11) is 0. The van der Waals surface area contributed by atoms with Gasteiger partial charge in [0.05, 0.1) is 12.5 Å². The molecule has 4 aromatic heterocycles. The summed E-state index contributed by atoms with van der Waals surface area (Å²) in [5, 5.41) is 0.643. The minimum Gasteiger partial charge on any atom is -0.305 e. The molecular formula is C59H59ClIrN4-2. The Bertz CT molecular complexity index is 3510. The minimum absolute atomic E-state index is 0. The zero-order valence-electron chi connectivity index (χ0n) is 50.5. The van der Waals surface area contributed by atoms with Gasteiger partial charge < -0.3 is 9.97 Å². The molecule has 4 nitrogen and oxygen atoms in total. The van der Waals surface area contributed by atoms with Crippen LogP contribution in [0.15, 0.2) is 140 Å². The Kier molecular flexibility index (Phi) is 8.92. The van der Waals surface area contributed by atoms with Crippen LogP contribution in [0.2, 0.25) is 5.15 Å². The third kappa shape index (κ3) is 8.59. The maximum Gasteiger partial charge on any atom is 0.129 e. The fourth-order valence-corrected chi connectivity index (χ4v) is 11.5. The number of benzene rings is 3. The molecule has 9 aliphatic carbocycles. The Morgan fingerprint density at radius 1 is 0.538 bits per heavy atom. The zero-order chi connectivity index (χ0) is 55.5. The van der Waals surface area contributed by atoms with Crippen molar-refractivity contribution in [2.75, 3.05) is 0 Å². The zero-order valence-corrected chi connectivity index (χ0v) is 40.6. The summed E-state index contributed by atoms with van der Waals surface area (Å²) in [6, 6.07) is 13.7. The normalized spacial score (nSPS) is 26.9. The topological polar surface area (TPSA) is 51.6 Å². The second-order valence-electron chi connectivity index (χ2n) is 20.0. The first kappa shape index (κ1) is 32.0. The van der Waals surface area contributed by atoms with Gasteiger partial charge in [0.1, 0.15) is 5.15 Å². The van der Waals surface area contributed by atoms with E-state index in [0.29, 0.717) is 61.9 Å². The average molecular weight is 1060 g/mol. The monoisotopic (exact) mass is 1060 g/mol. The molecule has 3 saturated carbocycles. The van der Waals surface area contributed by atoms with Crippen LogP contribution in [0.5, 0.6) is 0 Å². The maximum absolute atomic E-state index is 8.14. The SMILES string of the molecule is CC1(C)C2Cc3cnc(Cl)cc3C1C2.[2H]c1[c-]c(-c2cc3c(cn2)CC2CC3C2(C)C)c([2H])c([2H])c1[2H].[2H]c1[c-]c(-c2ccccn2)c([2H])c([2H])c1[2H].[2H]c1c([2H])c([2H])c(-c2cc3c(cn2)CC2CC3C2(C)C)c([2H])c1[2H].[Ir]. The van der Waals surface area contributed by atoms with Crippen LogP contribution in [0, 0.1) is 46.1 Å². The molecule has 0 amide bonds. The van der Waals surface area contributed by atoms with Crippen LogP contribution in [-0.2, 0) is 39.4 Å². The number of nitrogens with zero attached hydrogens (tertiary/aromatic N) is 4. The van der Waals surface area contributed by atoms with Gasteiger partial charge in [-0.2, -0.15) is 0 Å². The predicted molar refractivity (Wildman–Crippen MR) is 261 cm³/mol. The fraction of sp³-hybridized carbons (Fsp3) is 0.356. The largest absolute Gasteiger partial charge is 0.305 e. The minimum atomic E-state index is -0.366. The molecule has 16 rings (SSSR count). The number of hydrogen-bond donors (Lipinski definition) is 0. The Balaban J connectivity index is 0.000000129. The number of pyridine rings is 4. The molecule has 0 N–H and O–H groups in total. The summed E-state index contributed by atoms with van der Waals surface area (Å²) in [4.78, 5) is 17.1. The molecular weight excluding hydrogens is 992 g/mol. The molecule has 0 spiro atoms. The van der Waals surface area contributed by atoms with Gasteiger partial charge in [-0.15, -0.1) is 71.6 Å². The molecule has 6 unspecified atom stereocenters. The molecule has 333 valence electrons. The first-order valence-corrected chi connectivity index (χ1v) is 22.7. The van der Waals surface area contributed by atoms with Crippen LogP contribution >= 0.6 is 11.6 Å². The second-order valence-corrected chi connectivity index (χ2v) is 20.4. The quantitative estimate of drug-likeness (QED) is 0.131. The molecule has 1 radical (unpaired) electrons. The Morgan fingerprint density at radius 2 is 1.00 bits per heavy atom. The number of aromatic nitrogens is 4. The van der Waals surface area contributed by atoms with Crippen LogP contribution in [0.25, 0.3) is 33.8 Å². The molecule has 3 fully saturated rings. The third-order valence-electron chi connectivity index (χ3n) is 15.9. The Hall–Kier alpha value is -4.80. The number of rotatable bonds is 3. The fourth-order valence-electron chi connectivity index (χ4n) is 11.3. The van der Waals surface area contributed by atoms with Gasteiger partial charge in [-0.05, 0) is 159 Å². The van der Waals surface area contributed by atoms with Crippen LogP contribution in [0.1, 0.15) is 130 Å². The van der Waals surface area contributed by atoms with Gasteiger partial charge >= 0.3 is 0 Å². The molecule has 9 aliphatic rings. The van der Waals surface area contributed by atoms with Crippen molar-refractivity contribution >= 4 is 11.6 Å². The molecule has 3 aromatic carbocycles. The van der Waals surface area contributed by atoms with Gasteiger partial charge in [0, 0.05) is 55.9 Å². The predicted octanol–water partition coefficient (Wildman–Crippen LogP) is 14.6. The molecule has 6 heteroatoms. The summed E-state index contributed by atoms with van der Waals surface area (Å²) in [5.41, 5.74) is 11.4. The van der Waals surface area contributed by atoms with E-state index in [1.54, 1.807) is 24.4 Å². The summed E-state index contributed by atoms with van der Waals surface area (Å²) < 4.78 is 101. The Labute approximate surface area is 423 Å². The second kappa shape index (κ2) is 18.1. The summed E-state index contributed by atoms with van der Waals surface area (Å²) in [6.07, 6.45) is 14.3. The smallest absolute Gasteiger partial charge is 0.129 e. The van der Waals surface area contributed by atoms with Crippen LogP contribution in [0.3, 0.4) is 0 Å². The Morgan fingerprint density at radius 3 is 1.51 bits per heavy atom. The van der Waals surface area contributed by atoms with Gasteiger partial charge in [-0.1, -0.05) is 102 Å². The number of halogens is 1. The van der Waals surface area contributed by atoms with Crippen molar-refractivity contribution in [3.8, 4) is 33.8 Å². The van der Waals surface area contributed by atoms with Crippen molar-refractivity contribution in [2.45, 2.75) is 97.8 Å². The van der Waals surface area contributed by atoms with Crippen LogP contribution in [-0.4, -0.2) is 19.9 Å². The molecule has 6 bridgehead atoms. The molecule has 7 aromatic rings. The summed E-state index contributed by atoms with van der Waals surface area (Å²) in [6.45, 7) is 14.0. The van der Waals surface area contributed by atoms with E-state index in [2.05, 4.69) is 79.7 Å². The van der Waals surface area contributed by atoms with Gasteiger partial charge in [-0.25, -0.2) is 4.98 Å². The van der Waals surface area contributed by atoms with Crippen LogP contribution in [0.4, 0.5) is 0 Å². The third-order valence-corrected chi connectivity index (χ3v) is 16.1. The van der Waals surface area contributed by atoms with Gasteiger partial charge in [-0.3, -0.25) is 4.98 Å². The molecule has 6 atom stereocenters. The summed E-state index contributed by atoms with van der Waals surface area (Å²) in [5.74, 6) is 4.00. The van der Waals surface area contributed by atoms with Crippen molar-refractivity contribution in [3.05, 3.63) is 190 Å². The van der Waals surface area contributed by atoms with E-state index in [-0.39, 0.29) is 110 Å². The molecule has 0 saturated heterocycles.